The third-order valence-electron chi connectivity index (χ3n) is 2.78. The second-order valence-corrected chi connectivity index (χ2v) is 4.94. The van der Waals surface area contributed by atoms with Crippen LogP contribution in [0.4, 0.5) is 5.69 Å². The summed E-state index contributed by atoms with van der Waals surface area (Å²) in [5.74, 6) is -0.148. The molecule has 0 fully saturated rings. The number of amides is 1. The number of halogens is 1. The van der Waals surface area contributed by atoms with Crippen LogP contribution in [-0.4, -0.2) is 26.0 Å². The zero-order chi connectivity index (χ0) is 13.8. The molecule has 2 aromatic rings. The number of benzene rings is 1. The summed E-state index contributed by atoms with van der Waals surface area (Å²) in [5.41, 5.74) is 1.86. The average molecular weight is 279 g/mol. The molecule has 1 heterocycles. The van der Waals surface area contributed by atoms with Crippen molar-refractivity contribution in [2.75, 3.05) is 4.90 Å². The monoisotopic (exact) mass is 278 g/mol. The first kappa shape index (κ1) is 13.5. The van der Waals surface area contributed by atoms with Crippen molar-refractivity contribution >= 4 is 23.2 Å². The molecule has 1 atom stereocenters. The van der Waals surface area contributed by atoms with Crippen molar-refractivity contribution in [3.8, 4) is 0 Å². The second-order valence-electron chi connectivity index (χ2n) is 4.29. The maximum Gasteiger partial charge on any atom is 0.246 e. The lowest BCUT2D eigenvalue weighted by Crippen LogP contribution is -2.37. The molecule has 19 heavy (non-hydrogen) atoms. The highest BCUT2D eigenvalue weighted by Gasteiger charge is 2.21. The highest BCUT2D eigenvalue weighted by atomic mass is 35.5. The number of aryl methyl sites for hydroxylation is 1. The van der Waals surface area contributed by atoms with Crippen molar-refractivity contribution in [3.05, 3.63) is 42.5 Å². The first-order valence-electron chi connectivity index (χ1n) is 5.93. The van der Waals surface area contributed by atoms with E-state index < -0.39 is 5.38 Å². The van der Waals surface area contributed by atoms with Crippen LogP contribution >= 0.6 is 11.6 Å². The van der Waals surface area contributed by atoms with Crippen LogP contribution in [0.5, 0.6) is 0 Å². The van der Waals surface area contributed by atoms with E-state index in [1.807, 2.05) is 31.2 Å². The van der Waals surface area contributed by atoms with Crippen LogP contribution in [0.1, 0.15) is 12.5 Å². The quantitative estimate of drug-likeness (QED) is 0.806. The Bertz CT molecular complexity index is 554. The first-order valence-corrected chi connectivity index (χ1v) is 6.36. The van der Waals surface area contributed by atoms with Gasteiger partial charge in [-0.3, -0.25) is 9.69 Å². The number of carbonyl (C=O) groups excluding carboxylic acids is 1. The van der Waals surface area contributed by atoms with Crippen LogP contribution in [-0.2, 0) is 11.5 Å². The Labute approximate surface area is 116 Å². The molecule has 0 bridgehead atoms. The molecule has 2 rings (SSSR count). The zero-order valence-corrected chi connectivity index (χ0v) is 11.6. The molecule has 6 heteroatoms. The van der Waals surface area contributed by atoms with Crippen LogP contribution in [0.25, 0.3) is 0 Å². The van der Waals surface area contributed by atoms with Crippen LogP contribution in [0.2, 0.25) is 0 Å². The number of hydrogen-bond acceptors (Lipinski definition) is 3. The summed E-state index contributed by atoms with van der Waals surface area (Å²) in [6.45, 7) is 3.97. The van der Waals surface area contributed by atoms with Gasteiger partial charge in [-0.05, 0) is 25.5 Å². The fourth-order valence-corrected chi connectivity index (χ4v) is 1.92. The molecule has 1 aromatic heterocycles. The van der Waals surface area contributed by atoms with Crippen LogP contribution in [0.15, 0.2) is 36.9 Å². The van der Waals surface area contributed by atoms with E-state index in [0.29, 0.717) is 6.67 Å². The van der Waals surface area contributed by atoms with Crippen LogP contribution in [0, 0.1) is 6.92 Å². The fourth-order valence-electron chi connectivity index (χ4n) is 1.80. The number of nitrogens with zero attached hydrogens (tertiary/aromatic N) is 4. The standard InChI is InChI=1S/C13H15ClN4O/c1-10-5-3-4-6-12(10)18(13(19)11(2)14)9-17-7-15-16-8-17/h3-8,11H,9H2,1-2H3. The smallest absolute Gasteiger partial charge is 0.246 e. The molecular weight excluding hydrogens is 264 g/mol. The summed E-state index contributed by atoms with van der Waals surface area (Å²) in [4.78, 5) is 13.9. The molecule has 0 N–H and O–H groups in total. The largest absolute Gasteiger partial charge is 0.301 e. The van der Waals surface area contributed by atoms with Crippen molar-refractivity contribution < 1.29 is 4.79 Å². The summed E-state index contributed by atoms with van der Waals surface area (Å²) in [6, 6.07) is 7.69. The van der Waals surface area contributed by atoms with Crippen molar-refractivity contribution in [3.63, 3.8) is 0 Å². The SMILES string of the molecule is Cc1ccccc1N(Cn1cnnc1)C(=O)C(C)Cl. The second kappa shape index (κ2) is 5.84. The first-order chi connectivity index (χ1) is 9.09. The molecule has 1 aromatic carbocycles. The Hall–Kier alpha value is -1.88. The van der Waals surface area contributed by atoms with Crippen LogP contribution < -0.4 is 4.90 Å². The van der Waals surface area contributed by atoms with Gasteiger partial charge in [-0.2, -0.15) is 0 Å². The molecule has 0 saturated heterocycles. The van der Waals surface area contributed by atoms with Crippen molar-refractivity contribution in [1.82, 2.24) is 14.8 Å². The summed E-state index contributed by atoms with van der Waals surface area (Å²) in [7, 11) is 0. The van der Waals surface area contributed by atoms with Gasteiger partial charge >= 0.3 is 0 Å². The highest BCUT2D eigenvalue weighted by Crippen LogP contribution is 2.21. The Morgan fingerprint density at radius 1 is 1.37 bits per heavy atom. The molecule has 0 aliphatic heterocycles. The fraction of sp³-hybridized carbons (Fsp3) is 0.308. The molecule has 100 valence electrons. The van der Waals surface area contributed by atoms with Crippen molar-refractivity contribution in [1.29, 1.82) is 0 Å². The summed E-state index contributed by atoms with van der Waals surface area (Å²) >= 11 is 5.93. The van der Waals surface area contributed by atoms with E-state index in [2.05, 4.69) is 10.2 Å². The van der Waals surface area contributed by atoms with Gasteiger partial charge < -0.3 is 4.57 Å². The van der Waals surface area contributed by atoms with Gasteiger partial charge in [0.2, 0.25) is 5.91 Å². The molecule has 1 amide bonds. The number of hydrogen-bond donors (Lipinski definition) is 0. The number of para-hydroxylation sites is 1. The van der Waals surface area contributed by atoms with Gasteiger partial charge in [0, 0.05) is 5.69 Å². The molecule has 5 nitrogen and oxygen atoms in total. The average Bonchev–Trinajstić information content (AvgIpc) is 2.89. The van der Waals surface area contributed by atoms with E-state index in [-0.39, 0.29) is 5.91 Å². The maximum absolute atomic E-state index is 12.3. The number of aromatic nitrogens is 3. The molecular formula is C13H15ClN4O. The van der Waals surface area contributed by atoms with Crippen molar-refractivity contribution in [2.45, 2.75) is 25.9 Å². The number of alkyl halides is 1. The zero-order valence-electron chi connectivity index (χ0n) is 10.8. The molecule has 0 saturated carbocycles. The van der Waals surface area contributed by atoms with E-state index in [9.17, 15) is 4.79 Å². The Kier molecular flexibility index (Phi) is 4.16. The lowest BCUT2D eigenvalue weighted by molar-refractivity contribution is -0.118. The minimum absolute atomic E-state index is 0.148. The van der Waals surface area contributed by atoms with Gasteiger partial charge in [0.1, 0.15) is 24.7 Å². The third kappa shape index (κ3) is 3.12. The van der Waals surface area contributed by atoms with Gasteiger partial charge in [0.25, 0.3) is 0 Å². The van der Waals surface area contributed by atoms with Gasteiger partial charge in [-0.15, -0.1) is 21.8 Å². The van der Waals surface area contributed by atoms with E-state index in [1.54, 1.807) is 29.0 Å². The maximum atomic E-state index is 12.3. The number of anilines is 1. The summed E-state index contributed by atoms with van der Waals surface area (Å²) < 4.78 is 1.73. The van der Waals surface area contributed by atoms with E-state index in [1.165, 1.54) is 0 Å². The molecule has 0 aliphatic carbocycles. The van der Waals surface area contributed by atoms with E-state index in [0.717, 1.165) is 11.3 Å². The topological polar surface area (TPSA) is 51.0 Å². The number of rotatable bonds is 4. The normalized spacial score (nSPS) is 12.2. The Balaban J connectivity index is 2.34. The Morgan fingerprint density at radius 2 is 2.00 bits per heavy atom. The molecule has 0 aliphatic rings. The van der Waals surface area contributed by atoms with Gasteiger partial charge in [0.05, 0.1) is 0 Å². The molecule has 0 spiro atoms. The lowest BCUT2D eigenvalue weighted by Gasteiger charge is -2.25. The summed E-state index contributed by atoms with van der Waals surface area (Å²) in [6.07, 6.45) is 3.13. The van der Waals surface area contributed by atoms with Gasteiger partial charge in [0.15, 0.2) is 0 Å². The third-order valence-corrected chi connectivity index (χ3v) is 2.97. The minimum atomic E-state index is -0.587. The van der Waals surface area contributed by atoms with Crippen molar-refractivity contribution in [2.24, 2.45) is 0 Å². The predicted molar refractivity (Wildman–Crippen MR) is 74.0 cm³/mol. The van der Waals surface area contributed by atoms with Gasteiger partial charge in [-0.1, -0.05) is 18.2 Å². The lowest BCUT2D eigenvalue weighted by atomic mass is 10.2. The Morgan fingerprint density at radius 3 is 2.58 bits per heavy atom. The van der Waals surface area contributed by atoms with Gasteiger partial charge in [-0.25, -0.2) is 0 Å². The predicted octanol–water partition coefficient (Wildman–Crippen LogP) is 2.20. The molecule has 1 unspecified atom stereocenters. The van der Waals surface area contributed by atoms with Crippen LogP contribution in [0.3, 0.4) is 0 Å². The van der Waals surface area contributed by atoms with E-state index >= 15 is 0 Å². The molecule has 0 radical (unpaired) electrons. The summed E-state index contributed by atoms with van der Waals surface area (Å²) in [5, 5.41) is 6.89. The van der Waals surface area contributed by atoms with E-state index in [4.69, 9.17) is 11.6 Å². The number of carbonyl (C=O) groups is 1. The highest BCUT2D eigenvalue weighted by molar-refractivity contribution is 6.32. The minimum Gasteiger partial charge on any atom is -0.301 e.